The van der Waals surface area contributed by atoms with Crippen LogP contribution in [-0.4, -0.2) is 22.3 Å². The number of rotatable bonds is 4. The summed E-state index contributed by atoms with van der Waals surface area (Å²) in [7, 11) is 1.60. The van der Waals surface area contributed by atoms with Crippen molar-refractivity contribution in [2.24, 2.45) is 0 Å². The summed E-state index contributed by atoms with van der Waals surface area (Å²) in [4.78, 5) is 4.28. The maximum Gasteiger partial charge on any atom is 0.214 e. The number of aromatic nitrogens is 3. The fourth-order valence-electron chi connectivity index (χ4n) is 1.41. The number of nitrogens with one attached hydrogen (secondary N) is 2. The highest BCUT2D eigenvalue weighted by molar-refractivity contribution is 5.39. The highest BCUT2D eigenvalue weighted by Gasteiger charge is 2.07. The van der Waals surface area contributed by atoms with Gasteiger partial charge in [0.05, 0.1) is 19.3 Å². The first-order valence-electron chi connectivity index (χ1n) is 5.06. The second kappa shape index (κ2) is 4.65. The first-order valence-corrected chi connectivity index (χ1v) is 5.06. The number of H-pyrrole nitrogens is 1. The fraction of sp³-hybridized carbons (Fsp3) is 0.273. The van der Waals surface area contributed by atoms with Crippen LogP contribution in [0.25, 0.3) is 0 Å². The molecule has 0 fully saturated rings. The third-order valence-corrected chi connectivity index (χ3v) is 2.32. The Morgan fingerprint density at radius 3 is 3.00 bits per heavy atom. The van der Waals surface area contributed by atoms with Crippen molar-refractivity contribution in [3.05, 3.63) is 36.2 Å². The van der Waals surface area contributed by atoms with Crippen molar-refractivity contribution >= 4 is 5.82 Å². The fourth-order valence-corrected chi connectivity index (χ4v) is 1.41. The van der Waals surface area contributed by atoms with Crippen molar-refractivity contribution in [2.75, 3.05) is 12.4 Å². The van der Waals surface area contributed by atoms with E-state index in [-0.39, 0.29) is 6.04 Å². The molecule has 2 rings (SSSR count). The van der Waals surface area contributed by atoms with Gasteiger partial charge in [-0.15, -0.1) is 0 Å². The van der Waals surface area contributed by atoms with Gasteiger partial charge in [0.25, 0.3) is 0 Å². The van der Waals surface area contributed by atoms with E-state index in [4.69, 9.17) is 4.74 Å². The smallest absolute Gasteiger partial charge is 0.214 e. The van der Waals surface area contributed by atoms with E-state index in [0.29, 0.717) is 5.88 Å². The molecule has 0 aromatic carbocycles. The van der Waals surface area contributed by atoms with Crippen LogP contribution in [0.15, 0.2) is 30.6 Å². The van der Waals surface area contributed by atoms with Crippen LogP contribution in [0.5, 0.6) is 5.88 Å². The molecule has 2 aromatic heterocycles. The Kier molecular flexibility index (Phi) is 3.05. The summed E-state index contributed by atoms with van der Waals surface area (Å²) >= 11 is 0. The van der Waals surface area contributed by atoms with Crippen LogP contribution in [0.3, 0.4) is 0 Å². The quantitative estimate of drug-likeness (QED) is 0.823. The molecule has 0 aliphatic heterocycles. The van der Waals surface area contributed by atoms with Crippen LogP contribution in [-0.2, 0) is 0 Å². The third-order valence-electron chi connectivity index (χ3n) is 2.32. The van der Waals surface area contributed by atoms with Crippen LogP contribution in [0, 0.1) is 0 Å². The third kappa shape index (κ3) is 2.31. The van der Waals surface area contributed by atoms with Gasteiger partial charge >= 0.3 is 0 Å². The van der Waals surface area contributed by atoms with Gasteiger partial charge in [0, 0.05) is 17.8 Å². The van der Waals surface area contributed by atoms with E-state index in [1.54, 1.807) is 13.3 Å². The number of hydrogen-bond donors (Lipinski definition) is 2. The highest BCUT2D eigenvalue weighted by atomic mass is 16.5. The topological polar surface area (TPSA) is 62.8 Å². The van der Waals surface area contributed by atoms with E-state index in [2.05, 4.69) is 20.5 Å². The normalized spacial score (nSPS) is 12.1. The molecule has 5 nitrogen and oxygen atoms in total. The summed E-state index contributed by atoms with van der Waals surface area (Å²) in [6.45, 7) is 2.05. The predicted octanol–water partition coefficient (Wildman–Crippen LogP) is 1.99. The van der Waals surface area contributed by atoms with Crippen molar-refractivity contribution < 1.29 is 4.74 Å². The van der Waals surface area contributed by atoms with Gasteiger partial charge in [-0.2, -0.15) is 10.1 Å². The van der Waals surface area contributed by atoms with Gasteiger partial charge in [0.1, 0.15) is 5.82 Å². The Morgan fingerprint density at radius 1 is 1.44 bits per heavy atom. The Bertz CT molecular complexity index is 441. The van der Waals surface area contributed by atoms with Crippen molar-refractivity contribution in [3.8, 4) is 5.88 Å². The lowest BCUT2D eigenvalue weighted by Gasteiger charge is -2.12. The number of pyridine rings is 1. The number of aromatic amines is 1. The number of hydrogen-bond acceptors (Lipinski definition) is 4. The maximum atomic E-state index is 5.06. The average molecular weight is 218 g/mol. The number of anilines is 1. The molecular formula is C11H14N4O. The van der Waals surface area contributed by atoms with Gasteiger partial charge in [0.15, 0.2) is 0 Å². The molecule has 84 valence electrons. The van der Waals surface area contributed by atoms with Crippen LogP contribution >= 0.6 is 0 Å². The number of methoxy groups -OCH3 is 1. The Morgan fingerprint density at radius 2 is 2.31 bits per heavy atom. The predicted molar refractivity (Wildman–Crippen MR) is 61.4 cm³/mol. The average Bonchev–Trinajstić information content (AvgIpc) is 2.83. The minimum atomic E-state index is 0.151. The summed E-state index contributed by atoms with van der Waals surface area (Å²) in [5.74, 6) is 1.39. The Balaban J connectivity index is 2.08. The van der Waals surface area contributed by atoms with Crippen molar-refractivity contribution in [2.45, 2.75) is 13.0 Å². The molecule has 0 bridgehead atoms. The summed E-state index contributed by atoms with van der Waals surface area (Å²) in [6, 6.07) is 5.77. The lowest BCUT2D eigenvalue weighted by Crippen LogP contribution is -2.07. The van der Waals surface area contributed by atoms with E-state index in [0.717, 1.165) is 11.4 Å². The molecular weight excluding hydrogens is 204 g/mol. The van der Waals surface area contributed by atoms with Crippen molar-refractivity contribution in [3.63, 3.8) is 0 Å². The molecule has 2 aromatic rings. The minimum Gasteiger partial charge on any atom is -0.481 e. The van der Waals surface area contributed by atoms with E-state index >= 15 is 0 Å². The van der Waals surface area contributed by atoms with Crippen LogP contribution in [0.2, 0.25) is 0 Å². The zero-order chi connectivity index (χ0) is 11.4. The monoisotopic (exact) mass is 218 g/mol. The SMILES string of the molecule is COc1cccc(NC(C)c2cn[nH]c2)n1. The van der Waals surface area contributed by atoms with Gasteiger partial charge in [-0.05, 0) is 13.0 Å². The van der Waals surface area contributed by atoms with Crippen LogP contribution in [0.4, 0.5) is 5.82 Å². The molecule has 0 radical (unpaired) electrons. The number of ether oxygens (including phenoxy) is 1. The molecule has 0 aliphatic rings. The van der Waals surface area contributed by atoms with E-state index in [1.807, 2.05) is 31.3 Å². The molecule has 0 aliphatic carbocycles. The highest BCUT2D eigenvalue weighted by Crippen LogP contribution is 2.18. The first kappa shape index (κ1) is 10.5. The molecule has 16 heavy (non-hydrogen) atoms. The zero-order valence-electron chi connectivity index (χ0n) is 9.27. The summed E-state index contributed by atoms with van der Waals surface area (Å²) in [5.41, 5.74) is 1.09. The largest absolute Gasteiger partial charge is 0.481 e. The van der Waals surface area contributed by atoms with Gasteiger partial charge in [0.2, 0.25) is 5.88 Å². The molecule has 0 amide bonds. The lowest BCUT2D eigenvalue weighted by atomic mass is 10.2. The van der Waals surface area contributed by atoms with Crippen molar-refractivity contribution in [1.82, 2.24) is 15.2 Å². The molecule has 0 saturated heterocycles. The molecule has 0 spiro atoms. The van der Waals surface area contributed by atoms with Gasteiger partial charge < -0.3 is 10.1 Å². The molecule has 1 unspecified atom stereocenters. The second-order valence-corrected chi connectivity index (χ2v) is 3.46. The summed E-state index contributed by atoms with van der Waals surface area (Å²) in [6.07, 6.45) is 3.65. The van der Waals surface area contributed by atoms with Crippen molar-refractivity contribution in [1.29, 1.82) is 0 Å². The molecule has 1 atom stereocenters. The number of nitrogens with zero attached hydrogens (tertiary/aromatic N) is 2. The Labute approximate surface area is 93.9 Å². The van der Waals surface area contributed by atoms with Gasteiger partial charge in [-0.1, -0.05) is 6.07 Å². The zero-order valence-corrected chi connectivity index (χ0v) is 9.27. The maximum absolute atomic E-state index is 5.06. The van der Waals surface area contributed by atoms with E-state index < -0.39 is 0 Å². The Hall–Kier alpha value is -2.04. The molecule has 5 heteroatoms. The van der Waals surface area contributed by atoms with Crippen LogP contribution < -0.4 is 10.1 Å². The molecule has 2 heterocycles. The summed E-state index contributed by atoms with van der Waals surface area (Å²) in [5, 5.41) is 9.96. The summed E-state index contributed by atoms with van der Waals surface area (Å²) < 4.78 is 5.06. The second-order valence-electron chi connectivity index (χ2n) is 3.46. The first-order chi connectivity index (χ1) is 7.79. The van der Waals surface area contributed by atoms with Gasteiger partial charge in [-0.3, -0.25) is 5.10 Å². The molecule has 2 N–H and O–H groups in total. The lowest BCUT2D eigenvalue weighted by molar-refractivity contribution is 0.398. The van der Waals surface area contributed by atoms with Crippen LogP contribution in [0.1, 0.15) is 18.5 Å². The van der Waals surface area contributed by atoms with E-state index in [9.17, 15) is 0 Å². The van der Waals surface area contributed by atoms with Gasteiger partial charge in [-0.25, -0.2) is 0 Å². The standard InChI is InChI=1S/C11H14N4O/c1-8(9-6-12-13-7-9)14-10-4-3-5-11(15-10)16-2/h3-8H,1-2H3,(H,12,13)(H,14,15). The van der Waals surface area contributed by atoms with E-state index in [1.165, 1.54) is 0 Å². The minimum absolute atomic E-state index is 0.151. The molecule has 0 saturated carbocycles.